The fourth-order valence-electron chi connectivity index (χ4n) is 2.45. The third kappa shape index (κ3) is 2.60. The summed E-state index contributed by atoms with van der Waals surface area (Å²) in [5, 5.41) is 4.16. The molecule has 1 atom stereocenters. The first kappa shape index (κ1) is 14.6. The molecule has 110 valence electrons. The van der Waals surface area contributed by atoms with Crippen LogP contribution in [0.15, 0.2) is 28.9 Å². The Bertz CT molecular complexity index is 803. The van der Waals surface area contributed by atoms with E-state index in [2.05, 4.69) is 43.6 Å². The number of halogens is 2. The molecule has 0 fully saturated rings. The second-order valence-corrected chi connectivity index (χ2v) is 6.75. The van der Waals surface area contributed by atoms with Crippen molar-refractivity contribution in [3.8, 4) is 0 Å². The number of alkyl halides is 1. The molecule has 0 amide bonds. The molecule has 0 aliphatic heterocycles. The van der Waals surface area contributed by atoms with E-state index in [4.69, 9.17) is 11.6 Å². The standard InChI is InChI=1S/C15H16BrClN4/c1-9(17)15-19-13-5-4-12(16)6-14(13)21(15)8-11-7-18-20(3)10(11)2/h4-7,9H,8H2,1-3H3. The Balaban J connectivity index is 2.17. The van der Waals surface area contributed by atoms with Gasteiger partial charge in [-0.2, -0.15) is 5.10 Å². The lowest BCUT2D eigenvalue weighted by molar-refractivity contribution is 0.720. The smallest absolute Gasteiger partial charge is 0.128 e. The van der Waals surface area contributed by atoms with Gasteiger partial charge in [0.2, 0.25) is 0 Å². The molecule has 0 spiro atoms. The van der Waals surface area contributed by atoms with Crippen LogP contribution in [0.5, 0.6) is 0 Å². The zero-order valence-electron chi connectivity index (χ0n) is 12.1. The summed E-state index contributed by atoms with van der Waals surface area (Å²) in [6, 6.07) is 6.09. The molecule has 21 heavy (non-hydrogen) atoms. The van der Waals surface area contributed by atoms with Gasteiger partial charge in [0.15, 0.2) is 0 Å². The van der Waals surface area contributed by atoms with Gasteiger partial charge in [-0.3, -0.25) is 4.68 Å². The van der Waals surface area contributed by atoms with Crippen molar-refractivity contribution in [3.63, 3.8) is 0 Å². The Hall–Kier alpha value is -1.33. The van der Waals surface area contributed by atoms with Crippen LogP contribution >= 0.6 is 27.5 Å². The molecule has 0 N–H and O–H groups in total. The number of aromatic nitrogens is 4. The van der Waals surface area contributed by atoms with Gasteiger partial charge in [0.05, 0.1) is 29.2 Å². The molecular weight excluding hydrogens is 352 g/mol. The highest BCUT2D eigenvalue weighted by Crippen LogP contribution is 2.28. The van der Waals surface area contributed by atoms with Gasteiger partial charge in [-0.05, 0) is 32.0 Å². The second kappa shape index (κ2) is 5.46. The fourth-order valence-corrected chi connectivity index (χ4v) is 2.97. The number of fused-ring (bicyclic) bond motifs is 1. The number of rotatable bonds is 3. The van der Waals surface area contributed by atoms with E-state index in [1.54, 1.807) is 0 Å². The number of aryl methyl sites for hydroxylation is 1. The van der Waals surface area contributed by atoms with Gasteiger partial charge in [0, 0.05) is 22.8 Å². The summed E-state index contributed by atoms with van der Waals surface area (Å²) in [6.45, 7) is 4.74. The Kier molecular flexibility index (Phi) is 3.80. The molecule has 1 aromatic carbocycles. The third-order valence-corrected chi connectivity index (χ3v) is 4.45. The van der Waals surface area contributed by atoms with E-state index in [9.17, 15) is 0 Å². The minimum Gasteiger partial charge on any atom is -0.322 e. The summed E-state index contributed by atoms with van der Waals surface area (Å²) < 4.78 is 5.09. The minimum atomic E-state index is -0.145. The number of hydrogen-bond donors (Lipinski definition) is 0. The Labute approximate surface area is 136 Å². The largest absolute Gasteiger partial charge is 0.322 e. The Morgan fingerprint density at radius 3 is 2.76 bits per heavy atom. The quantitative estimate of drug-likeness (QED) is 0.651. The highest BCUT2D eigenvalue weighted by Gasteiger charge is 2.17. The molecule has 6 heteroatoms. The van der Waals surface area contributed by atoms with Crippen LogP contribution in [0.2, 0.25) is 0 Å². The van der Waals surface area contributed by atoms with Crippen LogP contribution in [0.1, 0.15) is 29.4 Å². The molecule has 4 nitrogen and oxygen atoms in total. The van der Waals surface area contributed by atoms with E-state index in [-0.39, 0.29) is 5.38 Å². The molecule has 0 saturated carbocycles. The predicted molar refractivity (Wildman–Crippen MR) is 88.7 cm³/mol. The summed E-state index contributed by atoms with van der Waals surface area (Å²) >= 11 is 9.84. The number of hydrogen-bond acceptors (Lipinski definition) is 2. The number of benzene rings is 1. The molecule has 3 rings (SSSR count). The fraction of sp³-hybridized carbons (Fsp3) is 0.333. The van der Waals surface area contributed by atoms with Crippen molar-refractivity contribution in [1.82, 2.24) is 19.3 Å². The van der Waals surface area contributed by atoms with Gasteiger partial charge >= 0.3 is 0 Å². The van der Waals surface area contributed by atoms with Gasteiger partial charge in [0.1, 0.15) is 5.82 Å². The normalized spacial score (nSPS) is 13.0. The maximum absolute atomic E-state index is 6.31. The van der Waals surface area contributed by atoms with Gasteiger partial charge in [-0.15, -0.1) is 11.6 Å². The van der Waals surface area contributed by atoms with Crippen LogP contribution in [-0.2, 0) is 13.6 Å². The second-order valence-electron chi connectivity index (χ2n) is 5.18. The SMILES string of the molecule is Cc1c(Cn2c(C(C)Cl)nc3ccc(Br)cc32)cnn1C. The molecule has 0 aliphatic rings. The van der Waals surface area contributed by atoms with Crippen molar-refractivity contribution in [2.24, 2.45) is 7.05 Å². The molecule has 2 aromatic heterocycles. The highest BCUT2D eigenvalue weighted by molar-refractivity contribution is 9.10. The van der Waals surface area contributed by atoms with E-state index in [0.29, 0.717) is 0 Å². The van der Waals surface area contributed by atoms with Gasteiger partial charge in [-0.25, -0.2) is 4.98 Å². The van der Waals surface area contributed by atoms with Crippen LogP contribution in [0.25, 0.3) is 11.0 Å². The monoisotopic (exact) mass is 366 g/mol. The first-order valence-corrected chi connectivity index (χ1v) is 7.97. The lowest BCUT2D eigenvalue weighted by Gasteiger charge is -2.10. The minimum absolute atomic E-state index is 0.145. The summed E-state index contributed by atoms with van der Waals surface area (Å²) in [7, 11) is 1.95. The molecule has 2 heterocycles. The van der Waals surface area contributed by atoms with Crippen LogP contribution in [-0.4, -0.2) is 19.3 Å². The first-order valence-electron chi connectivity index (χ1n) is 6.74. The third-order valence-electron chi connectivity index (χ3n) is 3.76. The van der Waals surface area contributed by atoms with Crippen molar-refractivity contribution >= 4 is 38.6 Å². The van der Waals surface area contributed by atoms with Gasteiger partial charge in [0.25, 0.3) is 0 Å². The Morgan fingerprint density at radius 2 is 2.14 bits per heavy atom. The van der Waals surface area contributed by atoms with Crippen LogP contribution in [0, 0.1) is 6.92 Å². The summed E-state index contributed by atoms with van der Waals surface area (Å²) in [5.41, 5.74) is 4.37. The van der Waals surface area contributed by atoms with Crippen molar-refractivity contribution in [3.05, 3.63) is 46.0 Å². The first-order chi connectivity index (χ1) is 9.97. The van der Waals surface area contributed by atoms with Crippen LogP contribution in [0.3, 0.4) is 0 Å². The van der Waals surface area contributed by atoms with E-state index >= 15 is 0 Å². The maximum atomic E-state index is 6.31. The number of nitrogens with zero attached hydrogens (tertiary/aromatic N) is 4. The van der Waals surface area contributed by atoms with Gasteiger partial charge in [-0.1, -0.05) is 15.9 Å². The molecule has 0 radical (unpaired) electrons. The van der Waals surface area contributed by atoms with E-state index in [1.165, 1.54) is 5.56 Å². The zero-order chi connectivity index (χ0) is 15.1. The summed E-state index contributed by atoms with van der Waals surface area (Å²) in [6.07, 6.45) is 1.90. The van der Waals surface area contributed by atoms with Gasteiger partial charge < -0.3 is 4.57 Å². The molecule has 0 aliphatic carbocycles. The zero-order valence-corrected chi connectivity index (χ0v) is 14.5. The van der Waals surface area contributed by atoms with Crippen molar-refractivity contribution in [2.75, 3.05) is 0 Å². The van der Waals surface area contributed by atoms with E-state index in [0.717, 1.165) is 33.6 Å². The summed E-state index contributed by atoms with van der Waals surface area (Å²) in [5.74, 6) is 0.882. The molecule has 3 aromatic rings. The molecular formula is C15H16BrClN4. The molecule has 1 unspecified atom stereocenters. The van der Waals surface area contributed by atoms with E-state index < -0.39 is 0 Å². The average Bonchev–Trinajstić information content (AvgIpc) is 2.94. The van der Waals surface area contributed by atoms with E-state index in [1.807, 2.05) is 37.0 Å². The van der Waals surface area contributed by atoms with Crippen LogP contribution in [0.4, 0.5) is 0 Å². The Morgan fingerprint density at radius 1 is 1.38 bits per heavy atom. The maximum Gasteiger partial charge on any atom is 0.128 e. The topological polar surface area (TPSA) is 35.6 Å². The van der Waals surface area contributed by atoms with Crippen molar-refractivity contribution < 1.29 is 0 Å². The predicted octanol–water partition coefficient (Wildman–Crippen LogP) is 4.19. The lowest BCUT2D eigenvalue weighted by atomic mass is 10.2. The average molecular weight is 368 g/mol. The van der Waals surface area contributed by atoms with Crippen molar-refractivity contribution in [2.45, 2.75) is 25.8 Å². The molecule has 0 saturated heterocycles. The highest BCUT2D eigenvalue weighted by atomic mass is 79.9. The molecule has 0 bridgehead atoms. The number of imidazole rings is 1. The summed E-state index contributed by atoms with van der Waals surface area (Å²) in [4.78, 5) is 4.67. The lowest BCUT2D eigenvalue weighted by Crippen LogP contribution is -2.06. The van der Waals surface area contributed by atoms with Crippen molar-refractivity contribution in [1.29, 1.82) is 0 Å². The van der Waals surface area contributed by atoms with Crippen LogP contribution < -0.4 is 0 Å².